The van der Waals surface area contributed by atoms with Gasteiger partial charge in [0, 0.05) is 12.1 Å². The molecule has 0 radical (unpaired) electrons. The van der Waals surface area contributed by atoms with Crippen LogP contribution in [0.25, 0.3) is 0 Å². The van der Waals surface area contributed by atoms with Crippen LogP contribution in [0.4, 0.5) is 0 Å². The van der Waals surface area contributed by atoms with E-state index in [1.165, 1.54) is 0 Å². The third-order valence-electron chi connectivity index (χ3n) is 3.23. The standard InChI is InChI=1S/C16H18BClO3/c1-20-12-21-10-9-13-5-2-3-8-16(13)17(19)14-6-4-7-15(18)11-14/h2-8,11,19H,9-10,12H2,1H3. The summed E-state index contributed by atoms with van der Waals surface area (Å²) in [6.45, 7) is 0.133. The summed E-state index contributed by atoms with van der Waals surface area (Å²) in [5.41, 5.74) is 2.72. The van der Waals surface area contributed by atoms with Crippen molar-refractivity contribution in [1.82, 2.24) is 0 Å². The minimum atomic E-state index is -0.692. The highest BCUT2D eigenvalue weighted by Gasteiger charge is 2.20. The minimum absolute atomic E-state index is 0.277. The number of methoxy groups -OCH3 is 1. The summed E-state index contributed by atoms with van der Waals surface area (Å²) >= 11 is 5.99. The molecule has 0 unspecified atom stereocenters. The Morgan fingerprint density at radius 1 is 1.14 bits per heavy atom. The zero-order valence-electron chi connectivity index (χ0n) is 12.0. The van der Waals surface area contributed by atoms with Gasteiger partial charge in [-0.3, -0.25) is 0 Å². The van der Waals surface area contributed by atoms with Crippen LogP contribution in [-0.2, 0) is 15.9 Å². The Labute approximate surface area is 130 Å². The Bertz CT molecular complexity index is 577. The lowest BCUT2D eigenvalue weighted by Crippen LogP contribution is -2.44. The fraction of sp³-hybridized carbons (Fsp3) is 0.250. The van der Waals surface area contributed by atoms with Crippen LogP contribution in [-0.4, -0.2) is 32.4 Å². The largest absolute Gasteiger partial charge is 0.443 e. The molecule has 0 saturated carbocycles. The Morgan fingerprint density at radius 2 is 1.95 bits per heavy atom. The molecule has 0 aromatic heterocycles. The molecular weight excluding hydrogens is 286 g/mol. The minimum Gasteiger partial charge on any atom is -0.443 e. The highest BCUT2D eigenvalue weighted by Crippen LogP contribution is 2.06. The first-order valence-electron chi connectivity index (χ1n) is 6.80. The summed E-state index contributed by atoms with van der Waals surface area (Å²) in [6, 6.07) is 15.1. The summed E-state index contributed by atoms with van der Waals surface area (Å²) in [5, 5.41) is 11.2. The molecule has 0 bridgehead atoms. The molecule has 0 aliphatic rings. The lowest BCUT2D eigenvalue weighted by molar-refractivity contribution is -0.0291. The van der Waals surface area contributed by atoms with Crippen LogP contribution >= 0.6 is 11.6 Å². The van der Waals surface area contributed by atoms with E-state index in [1.807, 2.05) is 36.4 Å². The molecule has 0 spiro atoms. The Balaban J connectivity index is 2.15. The second-order valence-electron chi connectivity index (χ2n) is 4.72. The Hall–Kier alpha value is -1.33. The van der Waals surface area contributed by atoms with Gasteiger partial charge in [0.25, 0.3) is 0 Å². The van der Waals surface area contributed by atoms with Crippen LogP contribution < -0.4 is 10.9 Å². The lowest BCUT2D eigenvalue weighted by atomic mass is 9.54. The van der Waals surface area contributed by atoms with Gasteiger partial charge in [-0.15, -0.1) is 0 Å². The molecule has 2 rings (SSSR count). The maximum absolute atomic E-state index is 10.6. The number of halogens is 1. The van der Waals surface area contributed by atoms with Gasteiger partial charge in [-0.1, -0.05) is 48.0 Å². The van der Waals surface area contributed by atoms with Gasteiger partial charge in [0.2, 0.25) is 0 Å². The number of hydrogen-bond acceptors (Lipinski definition) is 3. The van der Waals surface area contributed by atoms with E-state index in [0.717, 1.165) is 22.9 Å². The highest BCUT2D eigenvalue weighted by atomic mass is 35.5. The van der Waals surface area contributed by atoms with Crippen LogP contribution in [0.15, 0.2) is 48.5 Å². The van der Waals surface area contributed by atoms with E-state index in [9.17, 15) is 5.02 Å². The molecule has 5 heteroatoms. The van der Waals surface area contributed by atoms with Gasteiger partial charge >= 0.3 is 6.92 Å². The Kier molecular flexibility index (Phi) is 6.27. The monoisotopic (exact) mass is 304 g/mol. The fourth-order valence-corrected chi connectivity index (χ4v) is 2.41. The number of hydrogen-bond donors (Lipinski definition) is 1. The topological polar surface area (TPSA) is 38.7 Å². The van der Waals surface area contributed by atoms with Gasteiger partial charge in [-0.2, -0.15) is 0 Å². The van der Waals surface area contributed by atoms with E-state index in [-0.39, 0.29) is 6.79 Å². The fourth-order valence-electron chi connectivity index (χ4n) is 2.21. The average Bonchev–Trinajstić information content (AvgIpc) is 2.51. The number of rotatable bonds is 7. The molecule has 3 nitrogen and oxygen atoms in total. The van der Waals surface area contributed by atoms with E-state index in [0.29, 0.717) is 11.6 Å². The van der Waals surface area contributed by atoms with Crippen molar-refractivity contribution < 1.29 is 14.5 Å². The van der Waals surface area contributed by atoms with E-state index in [2.05, 4.69) is 0 Å². The van der Waals surface area contributed by atoms with Crippen molar-refractivity contribution in [2.45, 2.75) is 6.42 Å². The van der Waals surface area contributed by atoms with Crippen LogP contribution in [0.3, 0.4) is 0 Å². The first-order chi connectivity index (χ1) is 10.2. The lowest BCUT2D eigenvalue weighted by Gasteiger charge is -2.13. The summed E-state index contributed by atoms with van der Waals surface area (Å²) in [7, 11) is 1.59. The van der Waals surface area contributed by atoms with Crippen molar-refractivity contribution in [1.29, 1.82) is 0 Å². The first kappa shape index (κ1) is 16.1. The second kappa shape index (κ2) is 8.20. The van der Waals surface area contributed by atoms with Gasteiger partial charge in [0.1, 0.15) is 6.79 Å². The smallest absolute Gasteiger partial charge is 0.359 e. The maximum atomic E-state index is 10.6. The van der Waals surface area contributed by atoms with Crippen LogP contribution in [0, 0.1) is 0 Å². The van der Waals surface area contributed by atoms with E-state index >= 15 is 0 Å². The molecule has 0 aliphatic heterocycles. The van der Waals surface area contributed by atoms with E-state index in [4.69, 9.17) is 21.1 Å². The van der Waals surface area contributed by atoms with Crippen molar-refractivity contribution >= 4 is 29.4 Å². The third-order valence-corrected chi connectivity index (χ3v) is 3.47. The van der Waals surface area contributed by atoms with Gasteiger partial charge in [-0.25, -0.2) is 0 Å². The molecule has 0 amide bonds. The van der Waals surface area contributed by atoms with Crippen molar-refractivity contribution in [3.8, 4) is 0 Å². The second-order valence-corrected chi connectivity index (χ2v) is 5.16. The molecule has 110 valence electrons. The SMILES string of the molecule is COCOCCc1ccccc1B(O)c1cccc(Cl)c1. The summed E-state index contributed by atoms with van der Waals surface area (Å²) < 4.78 is 10.2. The van der Waals surface area contributed by atoms with Crippen molar-refractivity contribution in [3.63, 3.8) is 0 Å². The van der Waals surface area contributed by atoms with Crippen molar-refractivity contribution in [3.05, 3.63) is 59.1 Å². The van der Waals surface area contributed by atoms with Gasteiger partial charge in [0.05, 0.1) is 6.61 Å². The molecule has 1 N–H and O–H groups in total. The average molecular weight is 305 g/mol. The van der Waals surface area contributed by atoms with Gasteiger partial charge in [-0.05, 0) is 35.0 Å². The zero-order chi connectivity index (χ0) is 15.1. The molecular formula is C16H18BClO3. The van der Waals surface area contributed by atoms with E-state index in [1.54, 1.807) is 19.2 Å². The van der Waals surface area contributed by atoms with Gasteiger partial charge in [0.15, 0.2) is 0 Å². The maximum Gasteiger partial charge on any atom is 0.359 e. The normalized spacial score (nSPS) is 10.6. The zero-order valence-corrected chi connectivity index (χ0v) is 12.7. The summed E-state index contributed by atoms with van der Waals surface area (Å²) in [4.78, 5) is 0. The Morgan fingerprint density at radius 3 is 2.71 bits per heavy atom. The van der Waals surface area contributed by atoms with Gasteiger partial charge < -0.3 is 14.5 Å². The van der Waals surface area contributed by atoms with Crippen LogP contribution in [0.5, 0.6) is 0 Å². The molecule has 0 aliphatic carbocycles. The molecule has 2 aromatic rings. The summed E-state index contributed by atoms with van der Waals surface area (Å²) in [5.74, 6) is 0. The molecule has 0 atom stereocenters. The predicted molar refractivity (Wildman–Crippen MR) is 86.7 cm³/mol. The van der Waals surface area contributed by atoms with Crippen LogP contribution in [0.1, 0.15) is 5.56 Å². The molecule has 0 saturated heterocycles. The van der Waals surface area contributed by atoms with E-state index < -0.39 is 6.92 Å². The number of benzene rings is 2. The molecule has 0 heterocycles. The summed E-state index contributed by atoms with van der Waals surface area (Å²) in [6.07, 6.45) is 0.719. The highest BCUT2D eigenvalue weighted by molar-refractivity contribution is 6.79. The number of ether oxygens (including phenoxy) is 2. The quantitative estimate of drug-likeness (QED) is 0.480. The molecule has 21 heavy (non-hydrogen) atoms. The van der Waals surface area contributed by atoms with Crippen molar-refractivity contribution in [2.75, 3.05) is 20.5 Å². The first-order valence-corrected chi connectivity index (χ1v) is 7.18. The molecule has 0 fully saturated rings. The third kappa shape index (κ3) is 4.58. The predicted octanol–water partition coefficient (Wildman–Crippen LogP) is 1.60. The van der Waals surface area contributed by atoms with Crippen molar-refractivity contribution in [2.24, 2.45) is 0 Å². The molecule has 2 aromatic carbocycles. The van der Waals surface area contributed by atoms with Crippen LogP contribution in [0.2, 0.25) is 5.02 Å².